The quantitative estimate of drug-likeness (QED) is 0.840. The van der Waals surface area contributed by atoms with Crippen molar-refractivity contribution in [2.45, 2.75) is 39.2 Å². The summed E-state index contributed by atoms with van der Waals surface area (Å²) < 4.78 is 0. The molecular weight excluding hydrogens is 322 g/mol. The lowest BCUT2D eigenvalue weighted by Crippen LogP contribution is -2.46. The maximum Gasteiger partial charge on any atom is 0.255 e. The summed E-state index contributed by atoms with van der Waals surface area (Å²) in [5.74, 6) is 1.57. The number of aromatic nitrogens is 1. The highest BCUT2D eigenvalue weighted by Crippen LogP contribution is 2.32. The highest BCUT2D eigenvalue weighted by Gasteiger charge is 2.33. The van der Waals surface area contributed by atoms with Crippen molar-refractivity contribution in [3.05, 3.63) is 42.1 Å². The first kappa shape index (κ1) is 17.5. The zero-order valence-corrected chi connectivity index (χ0v) is 15.9. The van der Waals surface area contributed by atoms with Crippen LogP contribution in [0.25, 0.3) is 10.9 Å². The molecule has 2 heterocycles. The van der Waals surface area contributed by atoms with E-state index in [0.29, 0.717) is 17.5 Å². The number of fused-ring (bicyclic) bond motifs is 1. The van der Waals surface area contributed by atoms with Gasteiger partial charge in [-0.1, -0.05) is 32.0 Å². The van der Waals surface area contributed by atoms with Crippen molar-refractivity contribution in [3.8, 4) is 0 Å². The minimum Gasteiger partial charge on any atom is -0.337 e. The summed E-state index contributed by atoms with van der Waals surface area (Å²) in [6.07, 6.45) is 5.56. The van der Waals surface area contributed by atoms with Gasteiger partial charge in [0.2, 0.25) is 0 Å². The number of hydrogen-bond donors (Lipinski definition) is 0. The molecule has 1 aliphatic heterocycles. The van der Waals surface area contributed by atoms with Crippen LogP contribution in [0.15, 0.2) is 36.5 Å². The van der Waals surface area contributed by atoms with Crippen LogP contribution in [0, 0.1) is 11.8 Å². The van der Waals surface area contributed by atoms with Gasteiger partial charge in [-0.2, -0.15) is 0 Å². The van der Waals surface area contributed by atoms with Crippen LogP contribution in [0.1, 0.15) is 43.5 Å². The first-order valence-electron chi connectivity index (χ1n) is 10.00. The molecule has 1 saturated heterocycles. The Balaban J connectivity index is 1.54. The van der Waals surface area contributed by atoms with Crippen LogP contribution in [0.3, 0.4) is 0 Å². The van der Waals surface area contributed by atoms with Crippen LogP contribution in [-0.4, -0.2) is 52.9 Å². The molecule has 0 radical (unpaired) electrons. The molecule has 1 atom stereocenters. The van der Waals surface area contributed by atoms with Crippen LogP contribution in [0.4, 0.5) is 0 Å². The number of carbonyl (C=O) groups excluding carboxylic acids is 1. The van der Waals surface area contributed by atoms with Gasteiger partial charge in [0.05, 0.1) is 11.1 Å². The second kappa shape index (κ2) is 7.36. The Morgan fingerprint density at radius 3 is 2.81 bits per heavy atom. The van der Waals surface area contributed by atoms with Crippen LogP contribution < -0.4 is 0 Å². The molecule has 138 valence electrons. The molecule has 0 bridgehead atoms. The van der Waals surface area contributed by atoms with Crippen molar-refractivity contribution in [2.75, 3.05) is 26.2 Å². The molecule has 26 heavy (non-hydrogen) atoms. The molecule has 4 nitrogen and oxygen atoms in total. The van der Waals surface area contributed by atoms with Crippen LogP contribution in [-0.2, 0) is 0 Å². The van der Waals surface area contributed by atoms with Crippen molar-refractivity contribution in [2.24, 2.45) is 11.8 Å². The Hall–Kier alpha value is -1.94. The number of pyridine rings is 1. The molecule has 2 aliphatic rings. The van der Waals surface area contributed by atoms with Gasteiger partial charge in [0.1, 0.15) is 0 Å². The highest BCUT2D eigenvalue weighted by molar-refractivity contribution is 5.97. The number of benzene rings is 1. The predicted octanol–water partition coefficient (Wildman–Crippen LogP) is 3.82. The topological polar surface area (TPSA) is 36.4 Å². The molecule has 0 unspecified atom stereocenters. The van der Waals surface area contributed by atoms with E-state index in [-0.39, 0.29) is 5.91 Å². The SMILES string of the molecule is CC(C)[C@@H]1CN(C(=O)c2cnc3ccccc3c2)CCCN1CC1CC1. The maximum absolute atomic E-state index is 13.2. The zero-order valence-electron chi connectivity index (χ0n) is 15.9. The summed E-state index contributed by atoms with van der Waals surface area (Å²) in [7, 11) is 0. The van der Waals surface area contributed by atoms with Gasteiger partial charge in [-0.05, 0) is 43.2 Å². The van der Waals surface area contributed by atoms with E-state index in [9.17, 15) is 4.79 Å². The summed E-state index contributed by atoms with van der Waals surface area (Å²) in [6, 6.07) is 10.4. The lowest BCUT2D eigenvalue weighted by atomic mass is 10.0. The average molecular weight is 351 g/mol. The van der Waals surface area contributed by atoms with Crippen molar-refractivity contribution in [1.29, 1.82) is 0 Å². The second-order valence-electron chi connectivity index (χ2n) is 8.27. The standard InChI is InChI=1S/C22H29N3O/c1-16(2)21-15-25(11-5-10-24(21)14-17-8-9-17)22(26)19-12-18-6-3-4-7-20(18)23-13-19/h3-4,6-7,12-13,16-17,21H,5,8-11,14-15H2,1-2H3/t21-/m0/s1. The fraction of sp³-hybridized carbons (Fsp3) is 0.545. The number of para-hydroxylation sites is 1. The number of hydrogen-bond acceptors (Lipinski definition) is 3. The highest BCUT2D eigenvalue weighted by atomic mass is 16.2. The largest absolute Gasteiger partial charge is 0.337 e. The second-order valence-corrected chi connectivity index (χ2v) is 8.27. The first-order valence-corrected chi connectivity index (χ1v) is 10.00. The number of carbonyl (C=O) groups is 1. The molecule has 1 saturated carbocycles. The predicted molar refractivity (Wildman–Crippen MR) is 105 cm³/mol. The minimum atomic E-state index is 0.127. The van der Waals surface area contributed by atoms with Gasteiger partial charge in [-0.25, -0.2) is 0 Å². The van der Waals surface area contributed by atoms with Crippen molar-refractivity contribution in [1.82, 2.24) is 14.8 Å². The Kier molecular flexibility index (Phi) is 4.94. The third-order valence-corrected chi connectivity index (χ3v) is 5.83. The summed E-state index contributed by atoms with van der Waals surface area (Å²) in [5.41, 5.74) is 1.65. The summed E-state index contributed by atoms with van der Waals surface area (Å²) in [4.78, 5) is 22.4. The van der Waals surface area contributed by atoms with E-state index in [4.69, 9.17) is 0 Å². The Labute approximate surface area is 156 Å². The van der Waals surface area contributed by atoms with Gasteiger partial charge < -0.3 is 4.90 Å². The van der Waals surface area contributed by atoms with Crippen molar-refractivity contribution < 1.29 is 4.79 Å². The van der Waals surface area contributed by atoms with Gasteiger partial charge in [-0.3, -0.25) is 14.7 Å². The van der Waals surface area contributed by atoms with Gasteiger partial charge in [0, 0.05) is 43.8 Å². The maximum atomic E-state index is 13.2. The van der Waals surface area contributed by atoms with E-state index in [1.54, 1.807) is 6.20 Å². The molecule has 2 aromatic rings. The Morgan fingerprint density at radius 1 is 1.23 bits per heavy atom. The molecule has 1 aromatic carbocycles. The molecule has 1 aliphatic carbocycles. The van der Waals surface area contributed by atoms with E-state index >= 15 is 0 Å². The normalized spacial score (nSPS) is 22.0. The lowest BCUT2D eigenvalue weighted by Gasteiger charge is -2.34. The van der Waals surface area contributed by atoms with E-state index in [2.05, 4.69) is 28.6 Å². The van der Waals surface area contributed by atoms with Gasteiger partial charge in [0.15, 0.2) is 0 Å². The third-order valence-electron chi connectivity index (χ3n) is 5.83. The fourth-order valence-corrected chi connectivity index (χ4v) is 4.11. The summed E-state index contributed by atoms with van der Waals surface area (Å²) in [5, 5.41) is 1.03. The van der Waals surface area contributed by atoms with Gasteiger partial charge in [0.25, 0.3) is 5.91 Å². The van der Waals surface area contributed by atoms with E-state index in [0.717, 1.165) is 42.9 Å². The lowest BCUT2D eigenvalue weighted by molar-refractivity contribution is 0.0704. The van der Waals surface area contributed by atoms with Crippen molar-refractivity contribution >= 4 is 16.8 Å². The molecule has 0 spiro atoms. The van der Waals surface area contributed by atoms with Gasteiger partial charge in [-0.15, -0.1) is 0 Å². The van der Waals surface area contributed by atoms with E-state index < -0.39 is 0 Å². The molecular formula is C22H29N3O. The molecule has 2 fully saturated rings. The van der Waals surface area contributed by atoms with E-state index in [1.165, 1.54) is 19.4 Å². The van der Waals surface area contributed by atoms with Gasteiger partial charge >= 0.3 is 0 Å². The van der Waals surface area contributed by atoms with Crippen molar-refractivity contribution in [3.63, 3.8) is 0 Å². The average Bonchev–Trinajstić information content (AvgIpc) is 3.48. The fourth-order valence-electron chi connectivity index (χ4n) is 4.11. The minimum absolute atomic E-state index is 0.127. The monoisotopic (exact) mass is 351 g/mol. The Bertz CT molecular complexity index is 784. The smallest absolute Gasteiger partial charge is 0.255 e. The number of rotatable bonds is 4. The molecule has 0 N–H and O–H groups in total. The van der Waals surface area contributed by atoms with Crippen LogP contribution in [0.5, 0.6) is 0 Å². The third kappa shape index (κ3) is 3.75. The Morgan fingerprint density at radius 2 is 2.04 bits per heavy atom. The molecule has 1 aromatic heterocycles. The number of amides is 1. The molecule has 4 heteroatoms. The van der Waals surface area contributed by atoms with Crippen LogP contribution in [0.2, 0.25) is 0 Å². The van der Waals surface area contributed by atoms with Crippen LogP contribution >= 0.6 is 0 Å². The molecule has 4 rings (SSSR count). The summed E-state index contributed by atoms with van der Waals surface area (Å²) in [6.45, 7) is 8.57. The zero-order chi connectivity index (χ0) is 18.1. The summed E-state index contributed by atoms with van der Waals surface area (Å²) >= 11 is 0. The molecule has 1 amide bonds. The first-order chi connectivity index (χ1) is 12.6. The van der Waals surface area contributed by atoms with E-state index in [1.807, 2.05) is 30.3 Å². The number of nitrogens with zero attached hydrogens (tertiary/aromatic N) is 3.